The Bertz CT molecular complexity index is 912. The number of hydrogen-bond acceptors (Lipinski definition) is 6. The molecule has 1 aliphatic carbocycles. The SMILES string of the molecule is C[SiH](C)OC1(C(C)(C)C)C(=O)N(OCc2ccccc2)C12C=CC(O)(CO)CC2O[Si](C)(C)C. The molecule has 34 heavy (non-hydrogen) atoms. The Kier molecular flexibility index (Phi) is 7.43. The van der Waals surface area contributed by atoms with E-state index in [-0.39, 0.29) is 18.9 Å². The predicted octanol–water partition coefficient (Wildman–Crippen LogP) is 3.39. The van der Waals surface area contributed by atoms with Crippen LogP contribution in [0.3, 0.4) is 0 Å². The van der Waals surface area contributed by atoms with Crippen molar-refractivity contribution in [2.24, 2.45) is 5.41 Å². The largest absolute Gasteiger partial charge is 0.412 e. The van der Waals surface area contributed by atoms with E-state index in [4.69, 9.17) is 13.7 Å². The molecule has 0 aromatic heterocycles. The van der Waals surface area contributed by atoms with Gasteiger partial charge in [0, 0.05) is 11.8 Å². The Morgan fingerprint density at radius 3 is 2.26 bits per heavy atom. The normalized spacial score (nSPS) is 31.9. The van der Waals surface area contributed by atoms with E-state index in [1.807, 2.05) is 64.2 Å². The second kappa shape index (κ2) is 9.27. The van der Waals surface area contributed by atoms with Gasteiger partial charge < -0.3 is 19.1 Å². The summed E-state index contributed by atoms with van der Waals surface area (Å²) in [6.45, 7) is 16.1. The first-order valence-electron chi connectivity index (χ1n) is 12.0. The first kappa shape index (κ1) is 27.3. The van der Waals surface area contributed by atoms with Gasteiger partial charge in [0.2, 0.25) is 0 Å². The van der Waals surface area contributed by atoms with Gasteiger partial charge in [0.1, 0.15) is 12.2 Å². The lowest BCUT2D eigenvalue weighted by Gasteiger charge is -2.70. The Labute approximate surface area is 206 Å². The third-order valence-electron chi connectivity index (χ3n) is 6.50. The zero-order chi connectivity index (χ0) is 25.6. The number of amides is 1. The minimum absolute atomic E-state index is 0.129. The Hall–Kier alpha value is -1.34. The van der Waals surface area contributed by atoms with Gasteiger partial charge in [-0.3, -0.25) is 9.63 Å². The van der Waals surface area contributed by atoms with E-state index < -0.39 is 52.2 Å². The molecule has 2 aliphatic rings. The van der Waals surface area contributed by atoms with Crippen molar-refractivity contribution >= 4 is 23.3 Å². The minimum Gasteiger partial charge on any atom is -0.412 e. The summed E-state index contributed by atoms with van der Waals surface area (Å²) >= 11 is 0. The van der Waals surface area contributed by atoms with E-state index in [0.717, 1.165) is 5.56 Å². The van der Waals surface area contributed by atoms with Crippen molar-refractivity contribution in [1.82, 2.24) is 5.06 Å². The summed E-state index contributed by atoms with van der Waals surface area (Å²) in [7, 11) is -3.87. The van der Waals surface area contributed by atoms with Crippen LogP contribution >= 0.6 is 0 Å². The molecule has 1 aliphatic heterocycles. The van der Waals surface area contributed by atoms with Gasteiger partial charge in [-0.2, -0.15) is 0 Å². The summed E-state index contributed by atoms with van der Waals surface area (Å²) in [4.78, 5) is 20.2. The summed E-state index contributed by atoms with van der Waals surface area (Å²) in [5.74, 6) is -0.236. The van der Waals surface area contributed by atoms with Crippen LogP contribution in [-0.2, 0) is 25.1 Å². The number of hydrogen-bond donors (Lipinski definition) is 2. The smallest absolute Gasteiger partial charge is 0.281 e. The van der Waals surface area contributed by atoms with E-state index in [0.29, 0.717) is 0 Å². The molecule has 0 saturated carbocycles. The minimum atomic E-state index is -2.16. The highest BCUT2D eigenvalue weighted by molar-refractivity contribution is 6.69. The second-order valence-electron chi connectivity index (χ2n) is 11.8. The number of β-lactam (4-membered cyclic amide) rings is 1. The van der Waals surface area contributed by atoms with Gasteiger partial charge >= 0.3 is 0 Å². The summed E-state index contributed by atoms with van der Waals surface area (Å²) in [6.07, 6.45) is 2.89. The lowest BCUT2D eigenvalue weighted by molar-refractivity contribution is -0.341. The lowest BCUT2D eigenvalue weighted by atomic mass is 9.53. The van der Waals surface area contributed by atoms with Gasteiger partial charge in [-0.15, -0.1) is 0 Å². The molecule has 1 aromatic carbocycles. The number of nitrogens with zero attached hydrogens (tertiary/aromatic N) is 1. The zero-order valence-electron chi connectivity index (χ0n) is 21.8. The van der Waals surface area contributed by atoms with Crippen molar-refractivity contribution in [2.75, 3.05) is 6.61 Å². The molecule has 2 N–H and O–H groups in total. The number of aliphatic hydroxyl groups is 2. The van der Waals surface area contributed by atoms with Crippen molar-refractivity contribution in [3.05, 3.63) is 48.0 Å². The Morgan fingerprint density at radius 1 is 1.15 bits per heavy atom. The third-order valence-corrected chi connectivity index (χ3v) is 8.32. The van der Waals surface area contributed by atoms with Crippen LogP contribution in [0.5, 0.6) is 0 Å². The van der Waals surface area contributed by atoms with Crippen LogP contribution in [0.15, 0.2) is 42.5 Å². The standard InChI is InChI=1S/C25H41NO6Si2/c1-22(2,3)25(32-33(4)5)21(28)26(30-17-19-12-10-9-11-13-19)24(25)15-14-23(29,18-27)16-20(24)31-34(6,7)8/h9-15,20,27,29,33H,16-18H2,1-8H3. The molecule has 9 heteroatoms. The monoisotopic (exact) mass is 507 g/mol. The molecule has 0 bridgehead atoms. The van der Waals surface area contributed by atoms with Crippen LogP contribution in [0.25, 0.3) is 0 Å². The first-order valence-corrected chi connectivity index (χ1v) is 18.2. The number of rotatable bonds is 8. The molecular weight excluding hydrogens is 466 g/mol. The van der Waals surface area contributed by atoms with Gasteiger partial charge in [-0.05, 0) is 38.3 Å². The maximum Gasteiger partial charge on any atom is 0.281 e. The topological polar surface area (TPSA) is 88.5 Å². The third kappa shape index (κ3) is 4.59. The number of carbonyl (C=O) groups excluding carboxylic acids is 1. The van der Waals surface area contributed by atoms with Crippen LogP contribution in [0.2, 0.25) is 32.7 Å². The Morgan fingerprint density at radius 2 is 1.76 bits per heavy atom. The number of carbonyl (C=O) groups is 1. The van der Waals surface area contributed by atoms with E-state index >= 15 is 0 Å². The summed E-state index contributed by atoms with van der Waals surface area (Å²) < 4.78 is 13.4. The van der Waals surface area contributed by atoms with Crippen molar-refractivity contribution in [2.45, 2.75) is 89.4 Å². The molecule has 1 aromatic rings. The molecule has 0 radical (unpaired) electrons. The lowest BCUT2D eigenvalue weighted by Crippen LogP contribution is -2.91. The van der Waals surface area contributed by atoms with Gasteiger partial charge in [-0.1, -0.05) is 63.3 Å². The van der Waals surface area contributed by atoms with Gasteiger partial charge in [0.15, 0.2) is 28.5 Å². The number of hydroxylamine groups is 2. The maximum absolute atomic E-state index is 14.0. The van der Waals surface area contributed by atoms with E-state index in [1.165, 1.54) is 5.06 Å². The van der Waals surface area contributed by atoms with E-state index in [2.05, 4.69) is 19.6 Å². The van der Waals surface area contributed by atoms with Crippen molar-refractivity contribution in [3.63, 3.8) is 0 Å². The van der Waals surface area contributed by atoms with Gasteiger partial charge in [-0.25, -0.2) is 5.06 Å². The molecule has 1 saturated heterocycles. The van der Waals surface area contributed by atoms with Crippen LogP contribution in [0.1, 0.15) is 32.8 Å². The summed E-state index contributed by atoms with van der Waals surface area (Å²) in [5, 5.41) is 22.4. The fourth-order valence-electron chi connectivity index (χ4n) is 5.20. The molecule has 4 unspecified atom stereocenters. The second-order valence-corrected chi connectivity index (χ2v) is 18.6. The molecule has 1 amide bonds. The number of aliphatic hydroxyl groups excluding tert-OH is 1. The van der Waals surface area contributed by atoms with Gasteiger partial charge in [0.05, 0.1) is 12.7 Å². The average Bonchev–Trinajstić information content (AvgIpc) is 2.72. The van der Waals surface area contributed by atoms with E-state index in [1.54, 1.807) is 12.2 Å². The predicted molar refractivity (Wildman–Crippen MR) is 137 cm³/mol. The molecule has 190 valence electrons. The van der Waals surface area contributed by atoms with Crippen molar-refractivity contribution in [3.8, 4) is 0 Å². The van der Waals surface area contributed by atoms with Crippen molar-refractivity contribution < 1.29 is 28.7 Å². The molecule has 4 atom stereocenters. The van der Waals surface area contributed by atoms with Crippen LogP contribution in [-0.4, -0.2) is 68.0 Å². The summed E-state index contributed by atoms with van der Waals surface area (Å²) in [6, 6.07) is 9.69. The maximum atomic E-state index is 14.0. The quantitative estimate of drug-likeness (QED) is 0.319. The van der Waals surface area contributed by atoms with Crippen LogP contribution in [0.4, 0.5) is 0 Å². The fourth-order valence-corrected chi connectivity index (χ4v) is 7.67. The Balaban J connectivity index is 2.18. The molecule has 3 rings (SSSR count). The average molecular weight is 508 g/mol. The van der Waals surface area contributed by atoms with E-state index in [9.17, 15) is 15.0 Å². The first-order chi connectivity index (χ1) is 15.6. The van der Waals surface area contributed by atoms with Crippen molar-refractivity contribution in [1.29, 1.82) is 0 Å². The molecule has 1 fully saturated rings. The highest BCUT2D eigenvalue weighted by atomic mass is 28.4. The summed E-state index contributed by atoms with van der Waals surface area (Å²) in [5.41, 5.74) is -3.41. The number of benzene rings is 1. The van der Waals surface area contributed by atoms with Crippen LogP contribution in [0, 0.1) is 5.41 Å². The highest BCUT2D eigenvalue weighted by Gasteiger charge is 2.80. The fraction of sp³-hybridized carbons (Fsp3) is 0.640. The highest BCUT2D eigenvalue weighted by Crippen LogP contribution is 2.60. The zero-order valence-corrected chi connectivity index (χ0v) is 23.9. The molecular formula is C25H41NO6Si2. The molecule has 7 nitrogen and oxygen atoms in total. The van der Waals surface area contributed by atoms with Crippen LogP contribution < -0.4 is 0 Å². The molecule has 1 heterocycles. The van der Waals surface area contributed by atoms with Gasteiger partial charge in [0.25, 0.3) is 5.91 Å². The molecule has 1 spiro atoms.